The van der Waals surface area contributed by atoms with Crippen molar-refractivity contribution in [3.8, 4) is 0 Å². The van der Waals surface area contributed by atoms with Gasteiger partial charge in [-0.15, -0.1) is 0 Å². The first kappa shape index (κ1) is 76.8. The number of hydrogen-bond donors (Lipinski definition) is 0. The average molecular weight is 1130 g/mol. The second-order valence-corrected chi connectivity index (χ2v) is 21.3. The highest BCUT2D eigenvalue weighted by atomic mass is 16.6. The molecule has 0 spiro atoms. The summed E-state index contributed by atoms with van der Waals surface area (Å²) in [5.41, 5.74) is 0. The van der Waals surface area contributed by atoms with Crippen molar-refractivity contribution in [2.24, 2.45) is 0 Å². The van der Waals surface area contributed by atoms with Gasteiger partial charge in [0.2, 0.25) is 0 Å². The molecule has 0 aromatic carbocycles. The molecule has 0 N–H and O–H groups in total. The molecule has 6 heteroatoms. The van der Waals surface area contributed by atoms with Crippen LogP contribution in [0.1, 0.15) is 271 Å². The zero-order valence-corrected chi connectivity index (χ0v) is 52.7. The quantitative estimate of drug-likeness (QED) is 0.0261. The van der Waals surface area contributed by atoms with Gasteiger partial charge in [0.1, 0.15) is 13.2 Å². The van der Waals surface area contributed by atoms with Crippen LogP contribution in [0.3, 0.4) is 0 Å². The van der Waals surface area contributed by atoms with E-state index >= 15 is 0 Å². The van der Waals surface area contributed by atoms with Crippen molar-refractivity contribution in [2.45, 2.75) is 277 Å². The zero-order valence-electron chi connectivity index (χ0n) is 52.7. The first-order valence-corrected chi connectivity index (χ1v) is 33.1. The molecule has 0 aromatic rings. The van der Waals surface area contributed by atoms with Crippen molar-refractivity contribution in [2.75, 3.05) is 13.2 Å². The lowest BCUT2D eigenvalue weighted by Crippen LogP contribution is -2.30. The highest BCUT2D eigenvalue weighted by molar-refractivity contribution is 5.71. The number of allylic oxidation sites excluding steroid dienone is 28. The third-order valence-corrected chi connectivity index (χ3v) is 13.4. The molecule has 1 unspecified atom stereocenters. The number of ether oxygens (including phenoxy) is 3. The van der Waals surface area contributed by atoms with Crippen molar-refractivity contribution in [1.29, 1.82) is 0 Å². The molecule has 0 radical (unpaired) electrons. The van der Waals surface area contributed by atoms with E-state index < -0.39 is 6.10 Å². The molecule has 0 rings (SSSR count). The summed E-state index contributed by atoms with van der Waals surface area (Å²) in [7, 11) is 0. The van der Waals surface area contributed by atoms with Gasteiger partial charge in [0.05, 0.1) is 0 Å². The normalized spacial score (nSPS) is 13.3. The second-order valence-electron chi connectivity index (χ2n) is 21.3. The van der Waals surface area contributed by atoms with Gasteiger partial charge in [0, 0.05) is 19.3 Å². The van der Waals surface area contributed by atoms with E-state index in [1.165, 1.54) is 51.4 Å². The number of carbonyl (C=O) groups excluding carboxylic acids is 3. The molecule has 0 amide bonds. The molecule has 0 heterocycles. The fraction of sp³-hybridized carbons (Fsp3) is 0.592. The Labute approximate surface area is 504 Å². The minimum absolute atomic E-state index is 0.101. The third-order valence-electron chi connectivity index (χ3n) is 13.4. The van der Waals surface area contributed by atoms with E-state index in [1.807, 2.05) is 0 Å². The van der Waals surface area contributed by atoms with Crippen LogP contribution in [-0.4, -0.2) is 37.2 Å². The van der Waals surface area contributed by atoms with E-state index in [9.17, 15) is 14.4 Å². The number of esters is 3. The van der Waals surface area contributed by atoms with Crippen molar-refractivity contribution < 1.29 is 28.6 Å². The molecule has 82 heavy (non-hydrogen) atoms. The number of unbranched alkanes of at least 4 members (excludes halogenated alkanes) is 19. The monoisotopic (exact) mass is 1130 g/mol. The summed E-state index contributed by atoms with van der Waals surface area (Å²) >= 11 is 0. The molecule has 0 fully saturated rings. The van der Waals surface area contributed by atoms with Gasteiger partial charge in [-0.1, -0.05) is 274 Å². The molecule has 0 saturated heterocycles. The van der Waals surface area contributed by atoms with Crippen LogP contribution in [0.2, 0.25) is 0 Å². The summed E-state index contributed by atoms with van der Waals surface area (Å²) in [6, 6.07) is 0. The molecular weight excluding hydrogens is 1010 g/mol. The van der Waals surface area contributed by atoms with E-state index in [2.05, 4.69) is 191 Å². The standard InChI is InChI=1S/C76H120O6/c1-4-7-10-13-16-19-22-24-26-28-30-32-34-35-36-37-38-39-40-41-43-44-46-48-50-52-54-57-60-63-66-69-75(78)81-72-73(71-80-74(77)68-65-62-59-56-21-18-15-12-9-6-3)82-76(79)70-67-64-61-58-55-53-51-49-47-45-42-33-31-29-27-25-23-20-17-14-11-8-5-2/h7-8,10-12,15-17,19-20,24-27,30-33,35-36,38-39,41,43,45,47,51,53,73H,4-6,9,13-14,18,21-23,28-29,34,37,40,42,44,46,48-50,52,54-72H2,1-3H3/b10-7-,11-8-,15-12-,19-16-,20-17-,26-24-,27-25-,32-30-,33-31-,36-35-,39-38-,43-41-,47-45-,53-51-. The summed E-state index contributed by atoms with van der Waals surface area (Å²) in [5.74, 6) is -0.947. The van der Waals surface area contributed by atoms with E-state index in [4.69, 9.17) is 14.2 Å². The van der Waals surface area contributed by atoms with Crippen LogP contribution in [0.25, 0.3) is 0 Å². The van der Waals surface area contributed by atoms with Crippen LogP contribution < -0.4 is 0 Å². The van der Waals surface area contributed by atoms with Gasteiger partial charge in [0.15, 0.2) is 6.10 Å². The van der Waals surface area contributed by atoms with Crippen LogP contribution in [-0.2, 0) is 28.6 Å². The molecular formula is C76H120O6. The lowest BCUT2D eigenvalue weighted by atomic mass is 10.1. The topological polar surface area (TPSA) is 78.9 Å². The first-order valence-electron chi connectivity index (χ1n) is 33.1. The molecule has 0 aliphatic carbocycles. The van der Waals surface area contributed by atoms with Crippen molar-refractivity contribution in [3.05, 3.63) is 170 Å². The molecule has 1 atom stereocenters. The SMILES string of the molecule is CC/C=C\C/C=C\C/C=C\C/C=C\C/C=C\C/C=C\C/C=C\CCCCCCCCCCCC(=O)OCC(COC(=O)CCCCCCC/C=C\CCC)OC(=O)CCCCCC/C=C\C/C=C\C/C=C\C/C=C\C/C=C\C/C=C\CC. The van der Waals surface area contributed by atoms with Crippen molar-refractivity contribution in [3.63, 3.8) is 0 Å². The van der Waals surface area contributed by atoms with E-state index in [1.54, 1.807) is 0 Å². The smallest absolute Gasteiger partial charge is 0.306 e. The van der Waals surface area contributed by atoms with E-state index in [0.29, 0.717) is 12.8 Å². The summed E-state index contributed by atoms with van der Waals surface area (Å²) < 4.78 is 16.9. The van der Waals surface area contributed by atoms with Crippen LogP contribution in [0.15, 0.2) is 170 Å². The highest BCUT2D eigenvalue weighted by Crippen LogP contribution is 2.14. The van der Waals surface area contributed by atoms with E-state index in [0.717, 1.165) is 180 Å². The van der Waals surface area contributed by atoms with Crippen LogP contribution in [0, 0.1) is 0 Å². The van der Waals surface area contributed by atoms with Gasteiger partial charge in [-0.05, 0) is 148 Å². The Morgan fingerprint density at radius 3 is 0.756 bits per heavy atom. The highest BCUT2D eigenvalue weighted by Gasteiger charge is 2.19. The maximum Gasteiger partial charge on any atom is 0.306 e. The number of carbonyl (C=O) groups is 3. The molecule has 0 saturated carbocycles. The Morgan fingerprint density at radius 2 is 0.476 bits per heavy atom. The molecule has 0 aliphatic rings. The van der Waals surface area contributed by atoms with Gasteiger partial charge in [-0.2, -0.15) is 0 Å². The van der Waals surface area contributed by atoms with Crippen molar-refractivity contribution >= 4 is 17.9 Å². The summed E-state index contributed by atoms with van der Waals surface area (Å²) in [5, 5.41) is 0. The van der Waals surface area contributed by atoms with Crippen LogP contribution in [0.4, 0.5) is 0 Å². The van der Waals surface area contributed by atoms with Gasteiger partial charge in [0.25, 0.3) is 0 Å². The largest absolute Gasteiger partial charge is 0.462 e. The zero-order chi connectivity index (χ0) is 59.2. The van der Waals surface area contributed by atoms with Crippen molar-refractivity contribution in [1.82, 2.24) is 0 Å². The van der Waals surface area contributed by atoms with Crippen LogP contribution >= 0.6 is 0 Å². The summed E-state index contributed by atoms with van der Waals surface area (Å²) in [6.07, 6.45) is 101. The minimum Gasteiger partial charge on any atom is -0.462 e. The number of rotatable bonds is 58. The minimum atomic E-state index is -0.807. The summed E-state index contributed by atoms with van der Waals surface area (Å²) in [6.45, 7) is 6.31. The average Bonchev–Trinajstić information content (AvgIpc) is 3.47. The maximum atomic E-state index is 12.9. The number of hydrogen-bond acceptors (Lipinski definition) is 6. The van der Waals surface area contributed by atoms with Gasteiger partial charge in [-0.3, -0.25) is 14.4 Å². The van der Waals surface area contributed by atoms with E-state index in [-0.39, 0.29) is 37.5 Å². The third kappa shape index (κ3) is 65.6. The lowest BCUT2D eigenvalue weighted by molar-refractivity contribution is -0.167. The molecule has 0 aliphatic heterocycles. The summed E-state index contributed by atoms with van der Waals surface area (Å²) in [4.78, 5) is 38.3. The predicted octanol–water partition coefficient (Wildman–Crippen LogP) is 23.0. The molecule has 0 aromatic heterocycles. The molecule has 0 bridgehead atoms. The second kappa shape index (κ2) is 68.3. The molecule has 460 valence electrons. The Balaban J connectivity index is 4.32. The molecule has 6 nitrogen and oxygen atoms in total. The Kier molecular flexibility index (Phi) is 63.9. The maximum absolute atomic E-state index is 12.9. The lowest BCUT2D eigenvalue weighted by Gasteiger charge is -2.18. The Hall–Kier alpha value is -5.23. The Bertz CT molecular complexity index is 1870. The predicted molar refractivity (Wildman–Crippen MR) is 357 cm³/mol. The van der Waals surface area contributed by atoms with Crippen LogP contribution in [0.5, 0.6) is 0 Å². The fourth-order valence-electron chi connectivity index (χ4n) is 8.55. The fourth-order valence-corrected chi connectivity index (χ4v) is 8.55. The Morgan fingerprint density at radius 1 is 0.256 bits per heavy atom. The first-order chi connectivity index (χ1) is 40.5. The van der Waals surface area contributed by atoms with Gasteiger partial charge >= 0.3 is 17.9 Å². The van der Waals surface area contributed by atoms with Gasteiger partial charge < -0.3 is 14.2 Å². The van der Waals surface area contributed by atoms with Gasteiger partial charge in [-0.25, -0.2) is 0 Å².